The van der Waals surface area contributed by atoms with Crippen LogP contribution in [0.15, 0.2) is 67.0 Å². The minimum absolute atomic E-state index is 0.514. The quantitative estimate of drug-likeness (QED) is 0.400. The lowest BCUT2D eigenvalue weighted by Crippen LogP contribution is -2.31. The third kappa shape index (κ3) is 5.86. The zero-order chi connectivity index (χ0) is 23.2. The van der Waals surface area contributed by atoms with Gasteiger partial charge in [0.15, 0.2) is 5.82 Å². The van der Waals surface area contributed by atoms with Gasteiger partial charge in [-0.15, -0.1) is 0 Å². The van der Waals surface area contributed by atoms with Crippen LogP contribution >= 0.6 is 11.8 Å². The maximum atomic E-state index is 4.58. The number of pyridine rings is 1. The van der Waals surface area contributed by atoms with Crippen molar-refractivity contribution in [1.29, 1.82) is 0 Å². The van der Waals surface area contributed by atoms with E-state index in [9.17, 15) is 0 Å². The van der Waals surface area contributed by atoms with E-state index in [-0.39, 0.29) is 0 Å². The fourth-order valence-electron chi connectivity index (χ4n) is 3.68. The van der Waals surface area contributed by atoms with Crippen LogP contribution in [0.1, 0.15) is 11.3 Å². The largest absolute Gasteiger partial charge is 0.325 e. The van der Waals surface area contributed by atoms with Crippen LogP contribution in [0.3, 0.4) is 0 Å². The minimum atomic E-state index is 0.514. The number of nitrogens with one attached hydrogen (secondary N) is 2. The van der Waals surface area contributed by atoms with E-state index in [2.05, 4.69) is 64.7 Å². The van der Waals surface area contributed by atoms with Gasteiger partial charge in [0.1, 0.15) is 17.3 Å². The van der Waals surface area contributed by atoms with Crippen molar-refractivity contribution < 1.29 is 0 Å². The standard InChI is InChI=1S/C25H26N8S/c1-18-3-2-4-21(28-18)24-26-11-9-22(31-24)30-23-10-12-27-25(32-23)29-20-7-5-19(6-8-20)17-33-13-15-34-16-14-33/h2-12H,13-17H2,1H3,(H2,26,27,29,30,31,32). The summed E-state index contributed by atoms with van der Waals surface area (Å²) in [6, 6.07) is 17.9. The minimum Gasteiger partial charge on any atom is -0.325 e. The molecular weight excluding hydrogens is 444 g/mol. The Hall–Kier alpha value is -3.56. The average Bonchev–Trinajstić information content (AvgIpc) is 2.86. The van der Waals surface area contributed by atoms with E-state index in [1.165, 1.54) is 17.1 Å². The third-order valence-electron chi connectivity index (χ3n) is 5.40. The molecule has 4 heterocycles. The first kappa shape index (κ1) is 22.2. The molecule has 0 aliphatic carbocycles. The fourth-order valence-corrected chi connectivity index (χ4v) is 4.66. The van der Waals surface area contributed by atoms with Gasteiger partial charge in [0.25, 0.3) is 0 Å². The molecule has 8 nitrogen and oxygen atoms in total. The SMILES string of the molecule is Cc1cccc(-c2nccc(Nc3ccnc(Nc4ccc(CN5CCSCC5)cc4)n3)n2)n1. The molecule has 172 valence electrons. The summed E-state index contributed by atoms with van der Waals surface area (Å²) in [5.74, 6) is 4.79. The Morgan fingerprint density at radius 2 is 1.59 bits per heavy atom. The number of aryl methyl sites for hydroxylation is 1. The zero-order valence-corrected chi connectivity index (χ0v) is 19.8. The topological polar surface area (TPSA) is 91.8 Å². The van der Waals surface area contributed by atoms with E-state index >= 15 is 0 Å². The molecule has 1 aliphatic rings. The van der Waals surface area contributed by atoms with Crippen LogP contribution in [0.5, 0.6) is 0 Å². The number of hydrogen-bond donors (Lipinski definition) is 2. The lowest BCUT2D eigenvalue weighted by molar-refractivity contribution is 0.294. The van der Waals surface area contributed by atoms with Gasteiger partial charge in [-0.1, -0.05) is 18.2 Å². The summed E-state index contributed by atoms with van der Waals surface area (Å²) in [7, 11) is 0. The highest BCUT2D eigenvalue weighted by molar-refractivity contribution is 7.99. The number of aromatic nitrogens is 5. The summed E-state index contributed by atoms with van der Waals surface area (Å²) >= 11 is 2.03. The third-order valence-corrected chi connectivity index (χ3v) is 6.35. The highest BCUT2D eigenvalue weighted by Crippen LogP contribution is 2.20. The number of benzene rings is 1. The van der Waals surface area contributed by atoms with Crippen molar-refractivity contribution in [2.24, 2.45) is 0 Å². The van der Waals surface area contributed by atoms with E-state index in [0.29, 0.717) is 23.4 Å². The molecule has 9 heteroatoms. The number of nitrogens with zero attached hydrogens (tertiary/aromatic N) is 6. The van der Waals surface area contributed by atoms with Crippen LogP contribution in [-0.4, -0.2) is 54.4 Å². The predicted molar refractivity (Wildman–Crippen MR) is 138 cm³/mol. The molecule has 0 radical (unpaired) electrons. The van der Waals surface area contributed by atoms with Crippen LogP contribution in [0.4, 0.5) is 23.3 Å². The second kappa shape index (κ2) is 10.6. The number of anilines is 4. The van der Waals surface area contributed by atoms with Crippen molar-refractivity contribution >= 4 is 35.0 Å². The van der Waals surface area contributed by atoms with Crippen molar-refractivity contribution in [2.75, 3.05) is 35.2 Å². The van der Waals surface area contributed by atoms with E-state index in [0.717, 1.165) is 36.7 Å². The van der Waals surface area contributed by atoms with Gasteiger partial charge in [0, 0.05) is 54.9 Å². The molecule has 3 aromatic heterocycles. The second-order valence-corrected chi connectivity index (χ2v) is 9.26. The molecule has 4 aromatic rings. The molecule has 34 heavy (non-hydrogen) atoms. The summed E-state index contributed by atoms with van der Waals surface area (Å²) in [4.78, 5) is 24.9. The van der Waals surface area contributed by atoms with Crippen LogP contribution in [0.25, 0.3) is 11.5 Å². The Bertz CT molecular complexity index is 1240. The predicted octanol–water partition coefficient (Wildman–Crippen LogP) is 4.67. The van der Waals surface area contributed by atoms with Crippen LogP contribution < -0.4 is 10.6 Å². The molecule has 0 unspecified atom stereocenters. The summed E-state index contributed by atoms with van der Waals surface area (Å²) in [5.41, 5.74) is 3.92. The van der Waals surface area contributed by atoms with Crippen molar-refractivity contribution in [3.8, 4) is 11.5 Å². The van der Waals surface area contributed by atoms with Crippen LogP contribution in [-0.2, 0) is 6.54 Å². The molecule has 2 N–H and O–H groups in total. The van der Waals surface area contributed by atoms with Crippen molar-refractivity contribution in [3.05, 3.63) is 78.2 Å². The smallest absolute Gasteiger partial charge is 0.229 e. The van der Waals surface area contributed by atoms with Crippen molar-refractivity contribution in [1.82, 2.24) is 29.8 Å². The molecule has 0 saturated carbocycles. The van der Waals surface area contributed by atoms with Crippen molar-refractivity contribution in [2.45, 2.75) is 13.5 Å². The molecule has 0 amide bonds. The first-order valence-corrected chi connectivity index (χ1v) is 12.4. The van der Waals surface area contributed by atoms with Crippen LogP contribution in [0, 0.1) is 6.92 Å². The zero-order valence-electron chi connectivity index (χ0n) is 19.0. The Morgan fingerprint density at radius 3 is 2.38 bits per heavy atom. The Morgan fingerprint density at radius 1 is 0.824 bits per heavy atom. The Balaban J connectivity index is 1.24. The Labute approximate surface area is 203 Å². The van der Waals surface area contributed by atoms with Gasteiger partial charge >= 0.3 is 0 Å². The molecule has 1 saturated heterocycles. The summed E-state index contributed by atoms with van der Waals surface area (Å²) < 4.78 is 0. The second-order valence-electron chi connectivity index (χ2n) is 8.03. The maximum Gasteiger partial charge on any atom is 0.229 e. The van der Waals surface area contributed by atoms with Gasteiger partial charge in [-0.25, -0.2) is 19.9 Å². The van der Waals surface area contributed by atoms with E-state index < -0.39 is 0 Å². The fraction of sp³-hybridized carbons (Fsp3) is 0.240. The van der Waals surface area contributed by atoms with Crippen LogP contribution in [0.2, 0.25) is 0 Å². The lowest BCUT2D eigenvalue weighted by Gasteiger charge is -2.26. The van der Waals surface area contributed by atoms with E-state index in [1.807, 2.05) is 36.9 Å². The summed E-state index contributed by atoms with van der Waals surface area (Å²) in [6.07, 6.45) is 3.42. The molecule has 0 atom stereocenters. The van der Waals surface area contributed by atoms with Gasteiger partial charge in [0.2, 0.25) is 5.95 Å². The Kier molecular flexibility index (Phi) is 6.92. The monoisotopic (exact) mass is 470 g/mol. The molecule has 1 fully saturated rings. The molecule has 1 aliphatic heterocycles. The molecule has 1 aromatic carbocycles. The molecule has 0 bridgehead atoms. The van der Waals surface area contributed by atoms with Crippen molar-refractivity contribution in [3.63, 3.8) is 0 Å². The average molecular weight is 471 g/mol. The maximum absolute atomic E-state index is 4.58. The normalized spacial score (nSPS) is 14.0. The van der Waals surface area contributed by atoms with E-state index in [4.69, 9.17) is 0 Å². The molecule has 0 spiro atoms. The van der Waals surface area contributed by atoms with Gasteiger partial charge in [-0.05, 0) is 48.9 Å². The van der Waals surface area contributed by atoms with Gasteiger partial charge in [0.05, 0.1) is 0 Å². The first-order chi connectivity index (χ1) is 16.7. The molecular formula is C25H26N8S. The first-order valence-electron chi connectivity index (χ1n) is 11.2. The number of rotatable bonds is 7. The van der Waals surface area contributed by atoms with Gasteiger partial charge < -0.3 is 10.6 Å². The summed E-state index contributed by atoms with van der Waals surface area (Å²) in [5, 5.41) is 6.51. The molecule has 5 rings (SSSR count). The number of hydrogen-bond acceptors (Lipinski definition) is 9. The highest BCUT2D eigenvalue weighted by Gasteiger charge is 2.11. The number of thioether (sulfide) groups is 1. The van der Waals surface area contributed by atoms with Gasteiger partial charge in [-0.3, -0.25) is 4.90 Å². The van der Waals surface area contributed by atoms with Gasteiger partial charge in [-0.2, -0.15) is 16.7 Å². The summed E-state index contributed by atoms with van der Waals surface area (Å²) in [6.45, 7) is 5.26. The highest BCUT2D eigenvalue weighted by atomic mass is 32.2. The van der Waals surface area contributed by atoms with E-state index in [1.54, 1.807) is 24.5 Å². The lowest BCUT2D eigenvalue weighted by atomic mass is 10.2.